The molecule has 0 bridgehead atoms. The zero-order valence-corrected chi connectivity index (χ0v) is 21.6. The van der Waals surface area contributed by atoms with Crippen LogP contribution in [0.5, 0.6) is 0 Å². The van der Waals surface area contributed by atoms with Crippen molar-refractivity contribution in [2.24, 2.45) is 0 Å². The summed E-state index contributed by atoms with van der Waals surface area (Å²) in [6, 6.07) is 49.9. The van der Waals surface area contributed by atoms with Crippen LogP contribution < -0.4 is 0 Å². The molecule has 0 aliphatic rings. The molecule has 6 aromatic carbocycles. The summed E-state index contributed by atoms with van der Waals surface area (Å²) in [7, 11) is 0. The zero-order valence-electron chi connectivity index (χ0n) is 21.6. The van der Waals surface area contributed by atoms with Gasteiger partial charge in [-0.3, -0.25) is 4.57 Å². The van der Waals surface area contributed by atoms with Gasteiger partial charge in [-0.15, -0.1) is 0 Å². The first kappa shape index (κ1) is 21.5. The molecule has 0 radical (unpaired) electrons. The fraction of sp³-hybridized carbons (Fsp3) is 0. The summed E-state index contributed by atoms with van der Waals surface area (Å²) in [5, 5.41) is 5.18. The summed E-state index contributed by atoms with van der Waals surface area (Å²) in [6.45, 7) is 0. The first-order chi connectivity index (χ1) is 19.9. The molecule has 0 aliphatic heterocycles. The van der Waals surface area contributed by atoms with Crippen LogP contribution in [-0.2, 0) is 0 Å². The lowest BCUT2D eigenvalue weighted by atomic mass is 9.96. The molecule has 0 aliphatic carbocycles. The van der Waals surface area contributed by atoms with E-state index >= 15 is 0 Å². The van der Waals surface area contributed by atoms with Crippen LogP contribution in [0.15, 0.2) is 140 Å². The molecule has 3 heterocycles. The van der Waals surface area contributed by atoms with E-state index < -0.39 is 0 Å². The van der Waals surface area contributed by atoms with E-state index in [1.165, 1.54) is 49.2 Å². The Kier molecular flexibility index (Phi) is 4.33. The van der Waals surface area contributed by atoms with Crippen LogP contribution in [0.1, 0.15) is 0 Å². The molecule has 3 aromatic heterocycles. The third-order valence-corrected chi connectivity index (χ3v) is 8.26. The Hall–Kier alpha value is -5.41. The third kappa shape index (κ3) is 2.86. The van der Waals surface area contributed by atoms with Crippen molar-refractivity contribution in [2.45, 2.75) is 0 Å². The van der Waals surface area contributed by atoms with Crippen LogP contribution >= 0.6 is 0 Å². The number of imidazole rings is 1. The lowest BCUT2D eigenvalue weighted by Crippen LogP contribution is -1.97. The summed E-state index contributed by atoms with van der Waals surface area (Å²) in [4.78, 5) is 5.12. The summed E-state index contributed by atoms with van der Waals surface area (Å²) < 4.78 is 4.71. The van der Waals surface area contributed by atoms with E-state index in [0.29, 0.717) is 0 Å². The minimum absolute atomic E-state index is 0.946. The Morgan fingerprint density at radius 1 is 0.475 bits per heavy atom. The van der Waals surface area contributed by atoms with Crippen LogP contribution in [0, 0.1) is 0 Å². The van der Waals surface area contributed by atoms with Crippen LogP contribution in [-0.4, -0.2) is 14.0 Å². The molecule has 9 aromatic rings. The number of para-hydroxylation sites is 5. The van der Waals surface area contributed by atoms with Gasteiger partial charge < -0.3 is 4.40 Å². The second kappa shape index (κ2) is 8.05. The van der Waals surface area contributed by atoms with Crippen molar-refractivity contribution >= 4 is 49.1 Å². The highest BCUT2D eigenvalue weighted by Crippen LogP contribution is 2.44. The van der Waals surface area contributed by atoms with E-state index in [4.69, 9.17) is 4.98 Å². The summed E-state index contributed by atoms with van der Waals surface area (Å²) in [5.41, 5.74) is 10.5. The maximum absolute atomic E-state index is 5.12. The Morgan fingerprint density at radius 2 is 1.15 bits per heavy atom. The van der Waals surface area contributed by atoms with Crippen molar-refractivity contribution in [3.05, 3.63) is 140 Å². The predicted molar refractivity (Wildman–Crippen MR) is 167 cm³/mol. The van der Waals surface area contributed by atoms with E-state index in [2.05, 4.69) is 148 Å². The fourth-order valence-corrected chi connectivity index (χ4v) is 6.58. The van der Waals surface area contributed by atoms with Crippen molar-refractivity contribution in [3.63, 3.8) is 0 Å². The minimum atomic E-state index is 0.946. The van der Waals surface area contributed by atoms with Gasteiger partial charge >= 0.3 is 0 Å². The highest BCUT2D eigenvalue weighted by molar-refractivity contribution is 6.26. The van der Waals surface area contributed by atoms with E-state index in [1.54, 1.807) is 0 Å². The van der Waals surface area contributed by atoms with E-state index in [1.807, 2.05) is 0 Å². The highest BCUT2D eigenvalue weighted by atomic mass is 15.1. The molecule has 9 rings (SSSR count). The molecule has 0 saturated heterocycles. The Labute approximate surface area is 230 Å². The average Bonchev–Trinajstić information content (AvgIpc) is 3.69. The SMILES string of the molecule is c1ccc(-n2c(-c3cccc(-c4ccc5c6ccccc6n6c7ccccc7c4c56)c3)nc3ccccc32)cc1. The Balaban J connectivity index is 1.34. The average molecular weight is 510 g/mol. The molecule has 40 heavy (non-hydrogen) atoms. The first-order valence-corrected chi connectivity index (χ1v) is 13.7. The summed E-state index contributed by atoms with van der Waals surface area (Å²) in [5.74, 6) is 0.946. The lowest BCUT2D eigenvalue weighted by Gasteiger charge is -2.11. The van der Waals surface area contributed by atoms with Crippen molar-refractivity contribution in [1.82, 2.24) is 14.0 Å². The predicted octanol–water partition coefficient (Wildman–Crippen LogP) is 9.51. The second-order valence-corrected chi connectivity index (χ2v) is 10.4. The Bertz CT molecular complexity index is 2370. The molecule has 186 valence electrons. The van der Waals surface area contributed by atoms with Gasteiger partial charge in [-0.25, -0.2) is 4.98 Å². The molecule has 0 fully saturated rings. The van der Waals surface area contributed by atoms with Gasteiger partial charge in [-0.1, -0.05) is 97.1 Å². The molecule has 0 spiro atoms. The van der Waals surface area contributed by atoms with Gasteiger partial charge in [0.1, 0.15) is 5.82 Å². The minimum Gasteiger partial charge on any atom is -0.308 e. The number of fused-ring (bicyclic) bond motifs is 7. The van der Waals surface area contributed by atoms with Gasteiger partial charge in [-0.2, -0.15) is 0 Å². The number of nitrogens with zero attached hydrogens (tertiary/aromatic N) is 3. The van der Waals surface area contributed by atoms with Gasteiger partial charge in [-0.05, 0) is 53.6 Å². The number of benzene rings is 6. The topological polar surface area (TPSA) is 22.2 Å². The fourth-order valence-electron chi connectivity index (χ4n) is 6.58. The van der Waals surface area contributed by atoms with Crippen molar-refractivity contribution < 1.29 is 0 Å². The van der Waals surface area contributed by atoms with Crippen LogP contribution in [0.4, 0.5) is 0 Å². The summed E-state index contributed by atoms with van der Waals surface area (Å²) >= 11 is 0. The molecule has 0 amide bonds. The second-order valence-electron chi connectivity index (χ2n) is 10.4. The highest BCUT2D eigenvalue weighted by Gasteiger charge is 2.21. The molecule has 0 unspecified atom stereocenters. The van der Waals surface area contributed by atoms with Gasteiger partial charge in [0.25, 0.3) is 0 Å². The number of hydrogen-bond acceptors (Lipinski definition) is 1. The van der Waals surface area contributed by atoms with Crippen molar-refractivity contribution in [2.75, 3.05) is 0 Å². The quantitative estimate of drug-likeness (QED) is 0.232. The molecule has 3 heteroatoms. The molecular formula is C37H23N3. The van der Waals surface area contributed by atoms with Crippen LogP contribution in [0.2, 0.25) is 0 Å². The largest absolute Gasteiger partial charge is 0.308 e. The lowest BCUT2D eigenvalue weighted by molar-refractivity contribution is 1.10. The summed E-state index contributed by atoms with van der Waals surface area (Å²) in [6.07, 6.45) is 0. The number of aromatic nitrogens is 3. The normalized spacial score (nSPS) is 12.0. The van der Waals surface area contributed by atoms with Crippen LogP contribution in [0.3, 0.4) is 0 Å². The molecule has 0 saturated carbocycles. The molecular weight excluding hydrogens is 486 g/mol. The van der Waals surface area contributed by atoms with Crippen molar-refractivity contribution in [1.29, 1.82) is 0 Å². The third-order valence-electron chi connectivity index (χ3n) is 8.26. The smallest absolute Gasteiger partial charge is 0.145 e. The van der Waals surface area contributed by atoms with Gasteiger partial charge in [0.2, 0.25) is 0 Å². The van der Waals surface area contributed by atoms with E-state index in [0.717, 1.165) is 28.1 Å². The van der Waals surface area contributed by atoms with Crippen LogP contribution in [0.25, 0.3) is 77.3 Å². The van der Waals surface area contributed by atoms with E-state index in [9.17, 15) is 0 Å². The maximum atomic E-state index is 5.12. The molecule has 3 nitrogen and oxygen atoms in total. The maximum Gasteiger partial charge on any atom is 0.145 e. The van der Waals surface area contributed by atoms with Gasteiger partial charge in [0.15, 0.2) is 0 Å². The molecule has 0 atom stereocenters. The van der Waals surface area contributed by atoms with Crippen molar-refractivity contribution in [3.8, 4) is 28.2 Å². The monoisotopic (exact) mass is 509 g/mol. The first-order valence-electron chi connectivity index (χ1n) is 13.7. The van der Waals surface area contributed by atoms with Gasteiger partial charge in [0, 0.05) is 32.8 Å². The molecule has 0 N–H and O–H groups in total. The standard InChI is InChI=1S/C37H23N3/c1-2-13-26(14-3-1)39-34-20-9-6-17-31(34)38-37(39)25-12-10-11-24(23-25)27-21-22-29-28-15-4-7-18-32(28)40-33-19-8-5-16-30(33)35(27)36(29)40/h1-23H. The number of rotatable bonds is 3. The Morgan fingerprint density at radius 3 is 2.00 bits per heavy atom. The van der Waals surface area contributed by atoms with Gasteiger partial charge in [0.05, 0.1) is 27.6 Å². The van der Waals surface area contributed by atoms with E-state index in [-0.39, 0.29) is 0 Å². The zero-order chi connectivity index (χ0) is 26.2. The number of hydrogen-bond donors (Lipinski definition) is 0.